The zero-order valence-corrected chi connectivity index (χ0v) is 16.7. The first-order chi connectivity index (χ1) is 14.0. The minimum atomic E-state index is -0.856. The van der Waals surface area contributed by atoms with Crippen LogP contribution in [-0.2, 0) is 30.5 Å². The fourth-order valence-electron chi connectivity index (χ4n) is 3.02. The molecule has 8 nitrogen and oxygen atoms in total. The summed E-state index contributed by atoms with van der Waals surface area (Å²) in [6, 6.07) is 9.43. The van der Waals surface area contributed by atoms with Gasteiger partial charge in [0.15, 0.2) is 5.78 Å². The number of rotatable bonds is 10. The Balaban J connectivity index is 1.54. The molecule has 1 aromatic rings. The Kier molecular flexibility index (Phi) is 9.14. The highest BCUT2D eigenvalue weighted by Crippen LogP contribution is 2.16. The largest absolute Gasteiger partial charge is 0.465 e. The van der Waals surface area contributed by atoms with Crippen molar-refractivity contribution in [2.24, 2.45) is 5.92 Å². The molecule has 158 valence electrons. The van der Waals surface area contributed by atoms with Crippen LogP contribution in [0.25, 0.3) is 0 Å². The van der Waals surface area contributed by atoms with Crippen LogP contribution in [0.2, 0.25) is 0 Å². The lowest BCUT2D eigenvalue weighted by molar-refractivity contribution is -0.149. The quantitative estimate of drug-likeness (QED) is 0.364. The number of Topliss-reactive ketones (excluding diaryl/α,β-unsaturated/α-hetero) is 1. The average Bonchev–Trinajstić information content (AvgIpc) is 3.11. The van der Waals surface area contributed by atoms with E-state index in [-0.39, 0.29) is 38.0 Å². The molecule has 0 saturated carbocycles. The molecular formula is C21H28N2O6. The van der Waals surface area contributed by atoms with E-state index in [2.05, 4.69) is 5.32 Å². The SMILES string of the molecule is CCOC(=O)C1CN(C(=O)CCCCCNC(=O)OCc2ccccc2)CC1=O. The van der Waals surface area contributed by atoms with E-state index in [0.717, 1.165) is 18.4 Å². The van der Waals surface area contributed by atoms with E-state index in [1.807, 2.05) is 30.3 Å². The zero-order chi connectivity index (χ0) is 21.1. The van der Waals surface area contributed by atoms with Gasteiger partial charge in [-0.3, -0.25) is 14.4 Å². The molecule has 1 heterocycles. The highest BCUT2D eigenvalue weighted by Gasteiger charge is 2.38. The van der Waals surface area contributed by atoms with Crippen molar-refractivity contribution in [2.75, 3.05) is 26.2 Å². The summed E-state index contributed by atoms with van der Waals surface area (Å²) in [6.45, 7) is 2.66. The predicted molar refractivity (Wildman–Crippen MR) is 105 cm³/mol. The van der Waals surface area contributed by atoms with Gasteiger partial charge in [0.25, 0.3) is 0 Å². The van der Waals surface area contributed by atoms with Gasteiger partial charge in [-0.15, -0.1) is 0 Å². The molecule has 0 aliphatic carbocycles. The van der Waals surface area contributed by atoms with E-state index in [0.29, 0.717) is 19.4 Å². The van der Waals surface area contributed by atoms with Crippen LogP contribution in [0.3, 0.4) is 0 Å². The molecule has 0 aromatic heterocycles. The van der Waals surface area contributed by atoms with E-state index in [1.165, 1.54) is 4.90 Å². The van der Waals surface area contributed by atoms with Crippen molar-refractivity contribution in [2.45, 2.75) is 39.2 Å². The van der Waals surface area contributed by atoms with Gasteiger partial charge in [-0.05, 0) is 25.3 Å². The summed E-state index contributed by atoms with van der Waals surface area (Å²) in [5.74, 6) is -1.82. The Labute approximate surface area is 170 Å². The summed E-state index contributed by atoms with van der Waals surface area (Å²) in [7, 11) is 0. The molecular weight excluding hydrogens is 376 g/mol. The summed E-state index contributed by atoms with van der Waals surface area (Å²) in [6.07, 6.45) is 1.96. The van der Waals surface area contributed by atoms with E-state index >= 15 is 0 Å². The van der Waals surface area contributed by atoms with Crippen molar-refractivity contribution >= 4 is 23.8 Å². The summed E-state index contributed by atoms with van der Waals surface area (Å²) >= 11 is 0. The lowest BCUT2D eigenvalue weighted by atomic mass is 10.1. The van der Waals surface area contributed by atoms with Gasteiger partial charge in [0, 0.05) is 19.5 Å². The van der Waals surface area contributed by atoms with Crippen LogP contribution in [0, 0.1) is 5.92 Å². The molecule has 1 aliphatic rings. The number of esters is 1. The van der Waals surface area contributed by atoms with Gasteiger partial charge in [-0.1, -0.05) is 36.8 Å². The lowest BCUT2D eigenvalue weighted by Gasteiger charge is -2.15. The van der Waals surface area contributed by atoms with E-state index in [1.54, 1.807) is 6.92 Å². The number of likely N-dealkylation sites (tertiary alicyclic amines) is 1. The number of alkyl carbamates (subject to hydrolysis) is 1. The van der Waals surface area contributed by atoms with Crippen molar-refractivity contribution in [3.05, 3.63) is 35.9 Å². The van der Waals surface area contributed by atoms with Gasteiger partial charge in [-0.25, -0.2) is 4.79 Å². The second-order valence-electron chi connectivity index (χ2n) is 6.84. The molecule has 0 spiro atoms. The maximum absolute atomic E-state index is 12.2. The van der Waals surface area contributed by atoms with Crippen molar-refractivity contribution in [1.29, 1.82) is 0 Å². The van der Waals surface area contributed by atoms with Crippen molar-refractivity contribution in [3.8, 4) is 0 Å². The number of ketones is 1. The van der Waals surface area contributed by atoms with Crippen LogP contribution >= 0.6 is 0 Å². The number of hydrogen-bond donors (Lipinski definition) is 1. The number of nitrogens with zero attached hydrogens (tertiary/aromatic N) is 1. The fraction of sp³-hybridized carbons (Fsp3) is 0.524. The monoisotopic (exact) mass is 404 g/mol. The molecule has 8 heteroatoms. The third-order valence-corrected chi connectivity index (χ3v) is 4.61. The molecule has 2 rings (SSSR count). The van der Waals surface area contributed by atoms with Crippen LogP contribution in [0.15, 0.2) is 30.3 Å². The first kappa shape index (κ1) is 22.4. The lowest BCUT2D eigenvalue weighted by Crippen LogP contribution is -2.30. The number of ether oxygens (including phenoxy) is 2. The Hall–Kier alpha value is -2.90. The molecule has 29 heavy (non-hydrogen) atoms. The first-order valence-electron chi connectivity index (χ1n) is 9.93. The Morgan fingerprint density at radius 3 is 2.59 bits per heavy atom. The molecule has 0 radical (unpaired) electrons. The molecule has 1 fully saturated rings. The fourth-order valence-corrected chi connectivity index (χ4v) is 3.02. The molecule has 0 bridgehead atoms. The van der Waals surface area contributed by atoms with Crippen LogP contribution < -0.4 is 5.32 Å². The molecule has 1 aromatic carbocycles. The van der Waals surface area contributed by atoms with Crippen LogP contribution in [0.5, 0.6) is 0 Å². The maximum atomic E-state index is 12.2. The summed E-state index contributed by atoms with van der Waals surface area (Å²) in [5, 5.41) is 2.68. The third-order valence-electron chi connectivity index (χ3n) is 4.61. The number of carbonyl (C=O) groups excluding carboxylic acids is 4. The second-order valence-corrected chi connectivity index (χ2v) is 6.84. The number of carbonyl (C=O) groups is 4. The van der Waals surface area contributed by atoms with E-state index < -0.39 is 18.0 Å². The number of hydrogen-bond acceptors (Lipinski definition) is 6. The number of benzene rings is 1. The zero-order valence-electron chi connectivity index (χ0n) is 16.7. The summed E-state index contributed by atoms with van der Waals surface area (Å²) in [5.41, 5.74) is 0.923. The smallest absolute Gasteiger partial charge is 0.407 e. The first-order valence-corrected chi connectivity index (χ1v) is 9.93. The van der Waals surface area contributed by atoms with Crippen molar-refractivity contribution < 1.29 is 28.7 Å². The highest BCUT2D eigenvalue weighted by molar-refractivity contribution is 6.04. The van der Waals surface area contributed by atoms with E-state index in [4.69, 9.17) is 9.47 Å². The topological polar surface area (TPSA) is 102 Å². The Morgan fingerprint density at radius 1 is 1.10 bits per heavy atom. The summed E-state index contributed by atoms with van der Waals surface area (Å²) in [4.78, 5) is 48.9. The normalized spacial score (nSPS) is 15.8. The van der Waals surface area contributed by atoms with Crippen molar-refractivity contribution in [1.82, 2.24) is 10.2 Å². The molecule has 1 unspecified atom stereocenters. The molecule has 1 aliphatic heterocycles. The maximum Gasteiger partial charge on any atom is 0.407 e. The average molecular weight is 404 g/mol. The minimum absolute atomic E-state index is 0.0306. The third kappa shape index (κ3) is 7.56. The van der Waals surface area contributed by atoms with Gasteiger partial charge in [0.1, 0.15) is 12.5 Å². The minimum Gasteiger partial charge on any atom is -0.465 e. The molecule has 2 amide bonds. The Morgan fingerprint density at radius 2 is 1.86 bits per heavy atom. The van der Waals surface area contributed by atoms with Gasteiger partial charge in [-0.2, -0.15) is 0 Å². The van der Waals surface area contributed by atoms with Gasteiger partial charge < -0.3 is 19.7 Å². The predicted octanol–water partition coefficient (Wildman–Crippen LogP) is 2.06. The summed E-state index contributed by atoms with van der Waals surface area (Å²) < 4.78 is 9.99. The van der Waals surface area contributed by atoms with Crippen LogP contribution in [0.4, 0.5) is 4.79 Å². The van der Waals surface area contributed by atoms with Crippen LogP contribution in [0.1, 0.15) is 38.2 Å². The second kappa shape index (κ2) is 11.8. The molecule has 1 N–H and O–H groups in total. The van der Waals surface area contributed by atoms with Gasteiger partial charge in [0.05, 0.1) is 13.2 Å². The standard InChI is InChI=1S/C21H28N2O6/c1-2-28-20(26)17-13-23(14-18(17)24)19(25)11-7-4-8-12-22-21(27)29-15-16-9-5-3-6-10-16/h3,5-6,9-10,17H,2,4,7-8,11-15H2,1H3,(H,22,27). The number of unbranched alkanes of at least 4 members (excludes halogenated alkanes) is 2. The van der Waals surface area contributed by atoms with E-state index in [9.17, 15) is 19.2 Å². The number of amides is 2. The van der Waals surface area contributed by atoms with Gasteiger partial charge in [0.2, 0.25) is 5.91 Å². The number of nitrogens with one attached hydrogen (secondary N) is 1. The Bertz CT molecular complexity index is 706. The molecule has 1 saturated heterocycles. The molecule has 1 atom stereocenters. The highest BCUT2D eigenvalue weighted by atomic mass is 16.5. The van der Waals surface area contributed by atoms with Gasteiger partial charge >= 0.3 is 12.1 Å². The van der Waals surface area contributed by atoms with Crippen LogP contribution in [-0.4, -0.2) is 54.9 Å². The van der Waals surface area contributed by atoms with Crippen molar-refractivity contribution in [3.63, 3.8) is 0 Å².